The quantitative estimate of drug-likeness (QED) is 0.844. The van der Waals surface area contributed by atoms with Gasteiger partial charge in [-0.1, -0.05) is 24.9 Å². The van der Waals surface area contributed by atoms with Crippen molar-refractivity contribution in [3.63, 3.8) is 0 Å². The molecule has 1 aromatic carbocycles. The standard InChI is InChI=1S/C15H20ClN3O/c1-10(4-3-5-11(2)18)15(20)19-14-8-12(9-17)6-7-13(14)16/h6-8,10-11H,3-5,18H2,1-2H3,(H,19,20). The lowest BCUT2D eigenvalue weighted by molar-refractivity contribution is -0.119. The zero-order chi connectivity index (χ0) is 15.1. The number of carbonyl (C=O) groups excluding carboxylic acids is 1. The number of halogens is 1. The monoisotopic (exact) mass is 293 g/mol. The third-order valence-electron chi connectivity index (χ3n) is 3.10. The van der Waals surface area contributed by atoms with E-state index in [-0.39, 0.29) is 17.9 Å². The Morgan fingerprint density at radius 1 is 1.45 bits per heavy atom. The SMILES string of the molecule is CC(N)CCCC(C)C(=O)Nc1cc(C#N)ccc1Cl. The summed E-state index contributed by atoms with van der Waals surface area (Å²) >= 11 is 6.01. The van der Waals surface area contributed by atoms with Crippen LogP contribution in [0, 0.1) is 17.2 Å². The van der Waals surface area contributed by atoms with Crippen LogP contribution in [0.3, 0.4) is 0 Å². The average Bonchev–Trinajstić information content (AvgIpc) is 2.40. The number of hydrogen-bond acceptors (Lipinski definition) is 3. The van der Waals surface area contributed by atoms with Crippen molar-refractivity contribution >= 4 is 23.2 Å². The van der Waals surface area contributed by atoms with Crippen LogP contribution in [0.25, 0.3) is 0 Å². The summed E-state index contributed by atoms with van der Waals surface area (Å²) in [5.74, 6) is -0.206. The van der Waals surface area contributed by atoms with Gasteiger partial charge in [0, 0.05) is 12.0 Å². The summed E-state index contributed by atoms with van der Waals surface area (Å²) < 4.78 is 0. The normalized spacial score (nSPS) is 13.3. The molecule has 0 bridgehead atoms. The van der Waals surface area contributed by atoms with Gasteiger partial charge in [-0.15, -0.1) is 0 Å². The van der Waals surface area contributed by atoms with Crippen LogP contribution in [0.2, 0.25) is 5.02 Å². The van der Waals surface area contributed by atoms with E-state index in [0.29, 0.717) is 16.3 Å². The van der Waals surface area contributed by atoms with Gasteiger partial charge < -0.3 is 11.1 Å². The molecule has 1 rings (SSSR count). The van der Waals surface area contributed by atoms with Crippen LogP contribution in [0.4, 0.5) is 5.69 Å². The summed E-state index contributed by atoms with van der Waals surface area (Å²) in [7, 11) is 0. The molecule has 0 saturated heterocycles. The molecular weight excluding hydrogens is 274 g/mol. The fraction of sp³-hybridized carbons (Fsp3) is 0.467. The van der Waals surface area contributed by atoms with Crippen molar-refractivity contribution < 1.29 is 4.79 Å². The van der Waals surface area contributed by atoms with Gasteiger partial charge >= 0.3 is 0 Å². The van der Waals surface area contributed by atoms with Crippen molar-refractivity contribution in [1.29, 1.82) is 5.26 Å². The van der Waals surface area contributed by atoms with E-state index in [4.69, 9.17) is 22.6 Å². The van der Waals surface area contributed by atoms with Crippen molar-refractivity contribution in [3.05, 3.63) is 28.8 Å². The van der Waals surface area contributed by atoms with E-state index in [2.05, 4.69) is 5.32 Å². The number of nitriles is 1. The Labute approximate surface area is 124 Å². The second-order valence-electron chi connectivity index (χ2n) is 5.10. The number of nitrogens with two attached hydrogens (primary N) is 1. The molecule has 5 heteroatoms. The molecule has 3 N–H and O–H groups in total. The van der Waals surface area contributed by atoms with E-state index in [1.54, 1.807) is 18.2 Å². The van der Waals surface area contributed by atoms with Gasteiger partial charge in [-0.3, -0.25) is 4.79 Å². The summed E-state index contributed by atoms with van der Waals surface area (Å²) in [5.41, 5.74) is 6.63. The molecule has 1 aromatic rings. The third kappa shape index (κ3) is 5.20. The Hall–Kier alpha value is -1.57. The van der Waals surface area contributed by atoms with Crippen LogP contribution < -0.4 is 11.1 Å². The molecule has 20 heavy (non-hydrogen) atoms. The molecule has 0 aliphatic heterocycles. The molecule has 2 atom stereocenters. The van der Waals surface area contributed by atoms with Gasteiger partial charge in [-0.05, 0) is 38.0 Å². The number of rotatable bonds is 6. The summed E-state index contributed by atoms with van der Waals surface area (Å²) in [6.07, 6.45) is 2.60. The minimum Gasteiger partial charge on any atom is -0.328 e. The molecule has 0 aliphatic rings. The smallest absolute Gasteiger partial charge is 0.227 e. The maximum Gasteiger partial charge on any atom is 0.227 e. The molecule has 2 unspecified atom stereocenters. The summed E-state index contributed by atoms with van der Waals surface area (Å²) in [6, 6.07) is 6.98. The lowest BCUT2D eigenvalue weighted by Crippen LogP contribution is -2.21. The number of nitrogens with one attached hydrogen (secondary N) is 1. The number of anilines is 1. The minimum absolute atomic E-state index is 0.0911. The second-order valence-corrected chi connectivity index (χ2v) is 5.51. The van der Waals surface area contributed by atoms with Crippen LogP contribution >= 0.6 is 11.6 Å². The molecule has 108 valence electrons. The first-order valence-corrected chi connectivity index (χ1v) is 7.08. The predicted molar refractivity (Wildman–Crippen MR) is 81.5 cm³/mol. The van der Waals surface area contributed by atoms with Gasteiger partial charge in [-0.25, -0.2) is 0 Å². The van der Waals surface area contributed by atoms with E-state index in [9.17, 15) is 4.79 Å². The lowest BCUT2D eigenvalue weighted by Gasteiger charge is -2.14. The Kier molecular flexibility index (Phi) is 6.50. The highest BCUT2D eigenvalue weighted by molar-refractivity contribution is 6.33. The first-order valence-electron chi connectivity index (χ1n) is 6.70. The number of benzene rings is 1. The van der Waals surface area contributed by atoms with Gasteiger partial charge in [0.05, 0.1) is 22.3 Å². The molecule has 0 aliphatic carbocycles. The average molecular weight is 294 g/mol. The Morgan fingerprint density at radius 3 is 2.75 bits per heavy atom. The Bertz CT molecular complexity index is 508. The van der Waals surface area contributed by atoms with Gasteiger partial charge in [0.1, 0.15) is 0 Å². The maximum atomic E-state index is 12.1. The van der Waals surface area contributed by atoms with Crippen molar-refractivity contribution in [1.82, 2.24) is 0 Å². The molecular formula is C15H20ClN3O. The van der Waals surface area contributed by atoms with Crippen LogP contribution in [0.5, 0.6) is 0 Å². The molecule has 0 radical (unpaired) electrons. The molecule has 0 spiro atoms. The maximum absolute atomic E-state index is 12.1. The molecule has 0 heterocycles. The summed E-state index contributed by atoms with van der Waals surface area (Å²) in [5, 5.41) is 12.0. The van der Waals surface area contributed by atoms with Crippen molar-refractivity contribution in [2.24, 2.45) is 11.7 Å². The van der Waals surface area contributed by atoms with E-state index in [1.165, 1.54) is 0 Å². The van der Waals surface area contributed by atoms with E-state index >= 15 is 0 Å². The van der Waals surface area contributed by atoms with Crippen molar-refractivity contribution in [3.8, 4) is 6.07 Å². The molecule has 0 fully saturated rings. The number of carbonyl (C=O) groups is 1. The van der Waals surface area contributed by atoms with Crippen molar-refractivity contribution in [2.75, 3.05) is 5.32 Å². The topological polar surface area (TPSA) is 78.9 Å². The van der Waals surface area contributed by atoms with E-state index < -0.39 is 0 Å². The fourth-order valence-corrected chi connectivity index (χ4v) is 1.99. The molecule has 1 amide bonds. The highest BCUT2D eigenvalue weighted by Crippen LogP contribution is 2.24. The van der Waals surface area contributed by atoms with Crippen LogP contribution in [-0.2, 0) is 4.79 Å². The number of nitrogens with zero attached hydrogens (tertiary/aromatic N) is 1. The Balaban J connectivity index is 2.59. The van der Waals surface area contributed by atoms with E-state index in [1.807, 2.05) is 19.9 Å². The first kappa shape index (κ1) is 16.5. The van der Waals surface area contributed by atoms with Crippen LogP contribution in [-0.4, -0.2) is 11.9 Å². The van der Waals surface area contributed by atoms with Gasteiger partial charge in [-0.2, -0.15) is 5.26 Å². The first-order chi connectivity index (χ1) is 9.43. The van der Waals surface area contributed by atoms with Gasteiger partial charge in [0.15, 0.2) is 0 Å². The number of amides is 1. The predicted octanol–water partition coefficient (Wildman–Crippen LogP) is 3.30. The highest BCUT2D eigenvalue weighted by atomic mass is 35.5. The van der Waals surface area contributed by atoms with Crippen LogP contribution in [0.1, 0.15) is 38.7 Å². The van der Waals surface area contributed by atoms with E-state index in [0.717, 1.165) is 19.3 Å². The zero-order valence-corrected chi connectivity index (χ0v) is 12.6. The molecule has 4 nitrogen and oxygen atoms in total. The summed E-state index contributed by atoms with van der Waals surface area (Å²) in [6.45, 7) is 3.83. The second kappa shape index (κ2) is 7.88. The lowest BCUT2D eigenvalue weighted by atomic mass is 10.0. The third-order valence-corrected chi connectivity index (χ3v) is 3.43. The van der Waals surface area contributed by atoms with Crippen molar-refractivity contribution in [2.45, 2.75) is 39.2 Å². The summed E-state index contributed by atoms with van der Waals surface area (Å²) in [4.78, 5) is 12.1. The Morgan fingerprint density at radius 2 is 2.15 bits per heavy atom. The largest absolute Gasteiger partial charge is 0.328 e. The highest BCUT2D eigenvalue weighted by Gasteiger charge is 2.14. The van der Waals surface area contributed by atoms with Gasteiger partial charge in [0.25, 0.3) is 0 Å². The molecule has 0 saturated carbocycles. The van der Waals surface area contributed by atoms with Crippen LogP contribution in [0.15, 0.2) is 18.2 Å². The molecule has 0 aromatic heterocycles. The minimum atomic E-state index is -0.115. The zero-order valence-electron chi connectivity index (χ0n) is 11.8. The van der Waals surface area contributed by atoms with Gasteiger partial charge in [0.2, 0.25) is 5.91 Å². The number of hydrogen-bond donors (Lipinski definition) is 2. The fourth-order valence-electron chi connectivity index (χ4n) is 1.82.